The van der Waals surface area contributed by atoms with Gasteiger partial charge in [0.15, 0.2) is 12.2 Å². The first-order valence-corrected chi connectivity index (χ1v) is 5.61. The summed E-state index contributed by atoms with van der Waals surface area (Å²) in [5.74, 6) is 0.770. The molecule has 2 aromatic rings. The highest BCUT2D eigenvalue weighted by molar-refractivity contribution is 9.11. The molecule has 0 N–H and O–H groups in total. The number of nitrogens with zero attached hydrogens (tertiary/aromatic N) is 1. The lowest BCUT2D eigenvalue weighted by Gasteiger charge is -2.04. The van der Waals surface area contributed by atoms with Crippen molar-refractivity contribution in [1.29, 1.82) is 0 Å². The van der Waals surface area contributed by atoms with Crippen molar-refractivity contribution in [3.05, 3.63) is 39.2 Å². The number of rotatable bonds is 1. The molecule has 14 heavy (non-hydrogen) atoms. The Morgan fingerprint density at radius 3 is 2.36 bits per heavy atom. The highest BCUT2D eigenvalue weighted by Gasteiger charge is 2.07. The summed E-state index contributed by atoms with van der Waals surface area (Å²) in [4.78, 5) is 3.88. The van der Waals surface area contributed by atoms with Crippen molar-refractivity contribution in [3.8, 4) is 11.3 Å². The van der Waals surface area contributed by atoms with Gasteiger partial charge in [-0.1, -0.05) is 31.9 Å². The van der Waals surface area contributed by atoms with E-state index in [1.54, 1.807) is 6.20 Å². The van der Waals surface area contributed by atoms with E-state index in [1.165, 1.54) is 12.0 Å². The molecule has 0 bridgehead atoms. The third-order valence-electron chi connectivity index (χ3n) is 2.00. The molecule has 0 saturated heterocycles. The summed E-state index contributed by atoms with van der Waals surface area (Å²) in [7, 11) is 0. The van der Waals surface area contributed by atoms with Crippen LogP contribution in [0.2, 0.25) is 0 Å². The molecule has 2 rings (SSSR count). The molecule has 0 aliphatic rings. The van der Waals surface area contributed by atoms with Gasteiger partial charge < -0.3 is 4.42 Å². The van der Waals surface area contributed by atoms with Gasteiger partial charge in [0.1, 0.15) is 0 Å². The summed E-state index contributed by atoms with van der Waals surface area (Å²) in [5, 5.41) is 0. The van der Waals surface area contributed by atoms with Crippen molar-refractivity contribution >= 4 is 31.9 Å². The number of hydrogen-bond donors (Lipinski definition) is 0. The van der Waals surface area contributed by atoms with E-state index in [0.717, 1.165) is 20.3 Å². The third kappa shape index (κ3) is 1.77. The van der Waals surface area contributed by atoms with Crippen LogP contribution >= 0.6 is 31.9 Å². The minimum absolute atomic E-state index is 0.770. The monoisotopic (exact) mass is 315 g/mol. The summed E-state index contributed by atoms with van der Waals surface area (Å²) in [5.41, 5.74) is 2.18. The molecule has 0 saturated carbocycles. The van der Waals surface area contributed by atoms with Crippen LogP contribution in [-0.2, 0) is 0 Å². The topological polar surface area (TPSA) is 26.0 Å². The van der Waals surface area contributed by atoms with Crippen molar-refractivity contribution in [2.75, 3.05) is 0 Å². The predicted molar refractivity (Wildman–Crippen MR) is 62.1 cm³/mol. The molecule has 4 heteroatoms. The minimum Gasteiger partial charge on any atom is -0.444 e. The first-order chi connectivity index (χ1) is 6.68. The van der Waals surface area contributed by atoms with E-state index in [9.17, 15) is 0 Å². The van der Waals surface area contributed by atoms with Crippen LogP contribution in [0.3, 0.4) is 0 Å². The van der Waals surface area contributed by atoms with Crippen molar-refractivity contribution in [1.82, 2.24) is 4.98 Å². The molecule has 0 amide bonds. The molecule has 0 spiro atoms. The molecule has 0 aliphatic heterocycles. The second-order valence-corrected chi connectivity index (χ2v) is 4.64. The van der Waals surface area contributed by atoms with Crippen LogP contribution in [0.15, 0.2) is 38.1 Å². The van der Waals surface area contributed by atoms with Gasteiger partial charge >= 0.3 is 0 Å². The van der Waals surface area contributed by atoms with E-state index in [0.29, 0.717) is 0 Å². The van der Waals surface area contributed by atoms with Gasteiger partial charge in [0.25, 0.3) is 0 Å². The standard InChI is InChI=1S/C10H7Br2NO/c1-6-8(11)2-7(3-9(6)12)10-4-13-5-14-10/h2-5H,1H3. The molecule has 1 heterocycles. The molecular weight excluding hydrogens is 310 g/mol. The summed E-state index contributed by atoms with van der Waals surface area (Å²) >= 11 is 6.98. The first kappa shape index (κ1) is 9.93. The predicted octanol–water partition coefficient (Wildman–Crippen LogP) is 4.18. The zero-order chi connectivity index (χ0) is 10.1. The molecule has 0 unspecified atom stereocenters. The Hall–Kier alpha value is -0.610. The second-order valence-electron chi connectivity index (χ2n) is 2.93. The molecule has 0 aliphatic carbocycles. The minimum atomic E-state index is 0.770. The van der Waals surface area contributed by atoms with Gasteiger partial charge in [0, 0.05) is 14.5 Å². The summed E-state index contributed by atoms with van der Waals surface area (Å²) in [6.07, 6.45) is 3.13. The fraction of sp³-hybridized carbons (Fsp3) is 0.100. The maximum atomic E-state index is 5.22. The van der Waals surface area contributed by atoms with Gasteiger partial charge in [-0.15, -0.1) is 0 Å². The maximum Gasteiger partial charge on any atom is 0.181 e. The lowest BCUT2D eigenvalue weighted by molar-refractivity contribution is 0.572. The Balaban J connectivity index is 2.57. The Morgan fingerprint density at radius 1 is 1.21 bits per heavy atom. The molecule has 1 aromatic carbocycles. The van der Waals surface area contributed by atoms with E-state index in [1.807, 2.05) is 19.1 Å². The molecule has 72 valence electrons. The van der Waals surface area contributed by atoms with Crippen molar-refractivity contribution in [2.45, 2.75) is 6.92 Å². The van der Waals surface area contributed by atoms with E-state index in [-0.39, 0.29) is 0 Å². The van der Waals surface area contributed by atoms with Crippen LogP contribution in [0.4, 0.5) is 0 Å². The van der Waals surface area contributed by atoms with Crippen LogP contribution in [0, 0.1) is 6.92 Å². The lowest BCUT2D eigenvalue weighted by Crippen LogP contribution is -1.81. The lowest BCUT2D eigenvalue weighted by atomic mass is 10.1. The number of oxazole rings is 1. The van der Waals surface area contributed by atoms with Gasteiger partial charge in [-0.25, -0.2) is 4.98 Å². The van der Waals surface area contributed by atoms with Crippen molar-refractivity contribution in [2.24, 2.45) is 0 Å². The van der Waals surface area contributed by atoms with Crippen LogP contribution in [0.5, 0.6) is 0 Å². The van der Waals surface area contributed by atoms with Gasteiger partial charge in [-0.2, -0.15) is 0 Å². The maximum absolute atomic E-state index is 5.22. The largest absolute Gasteiger partial charge is 0.444 e. The number of aromatic nitrogens is 1. The van der Waals surface area contributed by atoms with Gasteiger partial charge in [0.05, 0.1) is 6.20 Å². The Morgan fingerprint density at radius 2 is 1.86 bits per heavy atom. The highest BCUT2D eigenvalue weighted by Crippen LogP contribution is 2.31. The molecule has 0 atom stereocenters. The quantitative estimate of drug-likeness (QED) is 0.789. The first-order valence-electron chi connectivity index (χ1n) is 4.03. The molecule has 0 fully saturated rings. The Labute approximate surface area is 98.6 Å². The number of halogens is 2. The fourth-order valence-corrected chi connectivity index (χ4v) is 2.33. The van der Waals surface area contributed by atoms with E-state index < -0.39 is 0 Å². The van der Waals surface area contributed by atoms with Crippen LogP contribution < -0.4 is 0 Å². The van der Waals surface area contributed by atoms with E-state index >= 15 is 0 Å². The van der Waals surface area contributed by atoms with Crippen LogP contribution in [-0.4, -0.2) is 4.98 Å². The zero-order valence-electron chi connectivity index (χ0n) is 7.42. The van der Waals surface area contributed by atoms with Crippen molar-refractivity contribution in [3.63, 3.8) is 0 Å². The van der Waals surface area contributed by atoms with Crippen molar-refractivity contribution < 1.29 is 4.42 Å². The molecule has 1 aromatic heterocycles. The molecule has 2 nitrogen and oxygen atoms in total. The van der Waals surface area contributed by atoms with Gasteiger partial charge in [0.2, 0.25) is 0 Å². The van der Waals surface area contributed by atoms with Gasteiger partial charge in [-0.3, -0.25) is 0 Å². The smallest absolute Gasteiger partial charge is 0.181 e. The third-order valence-corrected chi connectivity index (χ3v) is 3.65. The Bertz CT molecular complexity index is 428. The second kappa shape index (κ2) is 3.87. The zero-order valence-corrected chi connectivity index (χ0v) is 10.6. The SMILES string of the molecule is Cc1c(Br)cc(-c2cnco2)cc1Br. The molecule has 0 radical (unpaired) electrons. The average Bonchev–Trinajstić information content (AvgIpc) is 2.66. The summed E-state index contributed by atoms with van der Waals surface area (Å²) in [6, 6.07) is 4.03. The van der Waals surface area contributed by atoms with E-state index in [2.05, 4.69) is 36.8 Å². The Kier molecular flexibility index (Phi) is 2.74. The summed E-state index contributed by atoms with van der Waals surface area (Å²) < 4.78 is 7.32. The van der Waals surface area contributed by atoms with Crippen LogP contribution in [0.1, 0.15) is 5.56 Å². The van der Waals surface area contributed by atoms with E-state index in [4.69, 9.17) is 4.42 Å². The average molecular weight is 317 g/mol. The fourth-order valence-electron chi connectivity index (χ4n) is 1.15. The molecular formula is C10H7Br2NO. The summed E-state index contributed by atoms with van der Waals surface area (Å²) in [6.45, 7) is 2.04. The van der Waals surface area contributed by atoms with Crippen LogP contribution in [0.25, 0.3) is 11.3 Å². The van der Waals surface area contributed by atoms with Gasteiger partial charge in [-0.05, 0) is 24.6 Å². The number of benzene rings is 1. The normalized spacial score (nSPS) is 10.5. The highest BCUT2D eigenvalue weighted by atomic mass is 79.9. The number of hydrogen-bond acceptors (Lipinski definition) is 2.